The highest BCUT2D eigenvalue weighted by Gasteiger charge is 2.07. The van der Waals surface area contributed by atoms with Gasteiger partial charge in [0.15, 0.2) is 0 Å². The van der Waals surface area contributed by atoms with E-state index in [1.807, 2.05) is 0 Å². The largest absolute Gasteiger partial charge is 0.375 e. The molecule has 0 heterocycles. The highest BCUT2D eigenvalue weighted by molar-refractivity contribution is 6.30. The molecule has 0 aliphatic rings. The second-order valence-corrected chi connectivity index (χ2v) is 6.06. The summed E-state index contributed by atoms with van der Waals surface area (Å²) in [5.41, 5.74) is 1.67. The summed E-state index contributed by atoms with van der Waals surface area (Å²) in [6, 6.07) is 13.2. The van der Waals surface area contributed by atoms with Crippen molar-refractivity contribution in [3.8, 4) is 0 Å². The summed E-state index contributed by atoms with van der Waals surface area (Å²) in [5.74, 6) is -0.760. The maximum Gasteiger partial charge on any atom is 0.251 e. The number of rotatable bonds is 8. The first-order valence-electron chi connectivity index (χ1n) is 8.20. The van der Waals surface area contributed by atoms with E-state index in [2.05, 4.69) is 16.0 Å². The molecule has 3 amide bonds. The molecule has 0 unspecified atom stereocenters. The zero-order valence-electron chi connectivity index (χ0n) is 14.8. The van der Waals surface area contributed by atoms with Crippen LogP contribution in [0, 0.1) is 0 Å². The summed E-state index contributed by atoms with van der Waals surface area (Å²) < 4.78 is 4.74. The van der Waals surface area contributed by atoms with Crippen molar-refractivity contribution in [3.63, 3.8) is 0 Å². The van der Waals surface area contributed by atoms with Gasteiger partial charge in [0.05, 0.1) is 0 Å². The number of amides is 3. The number of halogens is 1. The summed E-state index contributed by atoms with van der Waals surface area (Å²) in [5, 5.41) is 8.61. The fourth-order valence-electron chi connectivity index (χ4n) is 2.18. The summed E-state index contributed by atoms with van der Waals surface area (Å²) in [7, 11) is 1.44. The normalized spacial score (nSPS) is 10.1. The fraction of sp³-hybridized carbons (Fsp3) is 0.211. The van der Waals surface area contributed by atoms with Crippen molar-refractivity contribution in [2.45, 2.75) is 6.42 Å². The van der Waals surface area contributed by atoms with Crippen molar-refractivity contribution in [1.82, 2.24) is 5.32 Å². The van der Waals surface area contributed by atoms with Crippen LogP contribution in [0.15, 0.2) is 48.5 Å². The van der Waals surface area contributed by atoms with E-state index in [1.54, 1.807) is 48.5 Å². The van der Waals surface area contributed by atoms with Crippen molar-refractivity contribution < 1.29 is 19.1 Å². The Morgan fingerprint density at radius 3 is 2.00 bits per heavy atom. The number of anilines is 2. The molecule has 7 nitrogen and oxygen atoms in total. The van der Waals surface area contributed by atoms with Crippen LogP contribution in [0.3, 0.4) is 0 Å². The topological polar surface area (TPSA) is 96.5 Å². The molecule has 8 heteroatoms. The lowest BCUT2D eigenvalue weighted by molar-refractivity contribution is -0.119. The first kappa shape index (κ1) is 20.4. The molecule has 0 fully saturated rings. The van der Waals surface area contributed by atoms with Crippen molar-refractivity contribution >= 4 is 40.7 Å². The molecule has 2 aromatic rings. The molecule has 3 N–H and O–H groups in total. The average Bonchev–Trinajstić information content (AvgIpc) is 2.64. The number of nitrogens with one attached hydrogen (secondary N) is 3. The van der Waals surface area contributed by atoms with E-state index in [-0.39, 0.29) is 37.3 Å². The molecular formula is C19H20ClN3O4. The third-order valence-electron chi connectivity index (χ3n) is 3.47. The average molecular weight is 390 g/mol. The van der Waals surface area contributed by atoms with Gasteiger partial charge in [0, 0.05) is 42.0 Å². The Labute approximate surface area is 162 Å². The molecule has 0 aliphatic carbocycles. The van der Waals surface area contributed by atoms with Crippen molar-refractivity contribution in [1.29, 1.82) is 0 Å². The summed E-state index contributed by atoms with van der Waals surface area (Å²) >= 11 is 5.78. The van der Waals surface area contributed by atoms with Crippen molar-refractivity contribution in [2.24, 2.45) is 0 Å². The molecule has 2 aromatic carbocycles. The Balaban J connectivity index is 1.74. The summed E-state index contributed by atoms with van der Waals surface area (Å²) in [6.45, 7) is 0.179. The van der Waals surface area contributed by atoms with Gasteiger partial charge in [-0.05, 0) is 48.5 Å². The molecule has 0 atom stereocenters. The first-order chi connectivity index (χ1) is 13.0. The Bertz CT molecular complexity index is 792. The van der Waals surface area contributed by atoms with Crippen LogP contribution in [0.1, 0.15) is 16.8 Å². The van der Waals surface area contributed by atoms with Crippen LogP contribution in [-0.2, 0) is 14.3 Å². The molecule has 2 rings (SSSR count). The maximum atomic E-state index is 12.0. The second-order valence-electron chi connectivity index (χ2n) is 5.62. The maximum absolute atomic E-state index is 12.0. The number of hydrogen-bond acceptors (Lipinski definition) is 4. The number of ether oxygens (including phenoxy) is 1. The molecule has 0 aliphatic heterocycles. The van der Waals surface area contributed by atoms with Crippen molar-refractivity contribution in [2.75, 3.05) is 30.9 Å². The van der Waals surface area contributed by atoms with E-state index in [4.69, 9.17) is 16.3 Å². The standard InChI is InChI=1S/C19H20ClN3O4/c1-27-12-18(25)23-16-8-6-15(7-9-16)22-17(24)10-11-21-19(26)13-2-4-14(20)5-3-13/h2-9H,10-12H2,1H3,(H,21,26)(H,22,24)(H,23,25). The zero-order valence-corrected chi connectivity index (χ0v) is 15.5. The number of carbonyl (C=O) groups excluding carboxylic acids is 3. The molecular weight excluding hydrogens is 370 g/mol. The predicted molar refractivity (Wildman–Crippen MR) is 104 cm³/mol. The van der Waals surface area contributed by atoms with Gasteiger partial charge in [-0.15, -0.1) is 0 Å². The Morgan fingerprint density at radius 2 is 1.44 bits per heavy atom. The Morgan fingerprint density at radius 1 is 0.889 bits per heavy atom. The molecule has 0 aromatic heterocycles. The molecule has 0 saturated heterocycles. The van der Waals surface area contributed by atoms with E-state index in [0.717, 1.165) is 0 Å². The van der Waals surface area contributed by atoms with E-state index < -0.39 is 0 Å². The van der Waals surface area contributed by atoms with E-state index in [0.29, 0.717) is 22.0 Å². The first-order valence-corrected chi connectivity index (χ1v) is 8.58. The lowest BCUT2D eigenvalue weighted by atomic mass is 10.2. The van der Waals surface area contributed by atoms with E-state index in [1.165, 1.54) is 7.11 Å². The van der Waals surface area contributed by atoms with Crippen LogP contribution in [0.5, 0.6) is 0 Å². The quantitative estimate of drug-likeness (QED) is 0.646. The Kier molecular flexibility index (Phi) is 7.79. The van der Waals surface area contributed by atoms with Crippen LogP contribution in [0.2, 0.25) is 5.02 Å². The lowest BCUT2D eigenvalue weighted by Crippen LogP contribution is -2.27. The summed E-state index contributed by atoms with van der Waals surface area (Å²) in [4.78, 5) is 35.3. The minimum absolute atomic E-state index is 0.0276. The minimum atomic E-state index is -0.268. The highest BCUT2D eigenvalue weighted by Crippen LogP contribution is 2.14. The van der Waals surface area contributed by atoms with Gasteiger partial charge < -0.3 is 20.7 Å². The third kappa shape index (κ3) is 7.08. The monoisotopic (exact) mass is 389 g/mol. The van der Waals surface area contributed by atoms with Gasteiger partial charge in [-0.25, -0.2) is 0 Å². The molecule has 0 bridgehead atoms. The van der Waals surface area contributed by atoms with Crippen LogP contribution in [-0.4, -0.2) is 38.0 Å². The van der Waals surface area contributed by atoms with Crippen LogP contribution >= 0.6 is 11.6 Å². The number of methoxy groups -OCH3 is 1. The summed E-state index contributed by atoms with van der Waals surface area (Å²) in [6.07, 6.45) is 0.131. The fourth-order valence-corrected chi connectivity index (χ4v) is 2.31. The van der Waals surface area contributed by atoms with Gasteiger partial charge in [0.2, 0.25) is 11.8 Å². The second kappa shape index (κ2) is 10.3. The van der Waals surface area contributed by atoms with Gasteiger partial charge in [-0.2, -0.15) is 0 Å². The van der Waals surface area contributed by atoms with Crippen molar-refractivity contribution in [3.05, 3.63) is 59.1 Å². The van der Waals surface area contributed by atoms with Crippen LogP contribution in [0.4, 0.5) is 11.4 Å². The van der Waals surface area contributed by atoms with E-state index in [9.17, 15) is 14.4 Å². The predicted octanol–water partition coefficient (Wildman–Crippen LogP) is 2.68. The molecule has 0 spiro atoms. The van der Waals surface area contributed by atoms with Gasteiger partial charge in [-0.3, -0.25) is 14.4 Å². The van der Waals surface area contributed by atoms with Gasteiger partial charge >= 0.3 is 0 Å². The Hall–Kier alpha value is -2.90. The minimum Gasteiger partial charge on any atom is -0.375 e. The van der Waals surface area contributed by atoms with E-state index >= 15 is 0 Å². The lowest BCUT2D eigenvalue weighted by Gasteiger charge is -2.08. The highest BCUT2D eigenvalue weighted by atomic mass is 35.5. The number of benzene rings is 2. The third-order valence-corrected chi connectivity index (χ3v) is 3.72. The van der Waals surface area contributed by atoms with Gasteiger partial charge in [-0.1, -0.05) is 11.6 Å². The smallest absolute Gasteiger partial charge is 0.251 e. The molecule has 0 saturated carbocycles. The molecule has 0 radical (unpaired) electrons. The molecule has 142 valence electrons. The molecule has 27 heavy (non-hydrogen) atoms. The van der Waals surface area contributed by atoms with Gasteiger partial charge in [0.25, 0.3) is 5.91 Å². The van der Waals surface area contributed by atoms with Crippen LogP contribution < -0.4 is 16.0 Å². The number of carbonyl (C=O) groups is 3. The zero-order chi connectivity index (χ0) is 19.6. The SMILES string of the molecule is COCC(=O)Nc1ccc(NC(=O)CCNC(=O)c2ccc(Cl)cc2)cc1. The number of hydrogen-bond donors (Lipinski definition) is 3. The van der Waals surface area contributed by atoms with Crippen LogP contribution in [0.25, 0.3) is 0 Å². The van der Waals surface area contributed by atoms with Gasteiger partial charge in [0.1, 0.15) is 6.61 Å².